The molecule has 3 aromatic carbocycles. The highest BCUT2D eigenvalue weighted by Crippen LogP contribution is 2.28. The van der Waals surface area contributed by atoms with Crippen molar-refractivity contribution in [3.8, 4) is 11.8 Å². The number of nitrogens with zero attached hydrogens (tertiary/aromatic N) is 4. The van der Waals surface area contributed by atoms with Gasteiger partial charge < -0.3 is 5.11 Å². The molecule has 0 saturated heterocycles. The van der Waals surface area contributed by atoms with Crippen LogP contribution in [0.3, 0.4) is 0 Å². The van der Waals surface area contributed by atoms with E-state index in [4.69, 9.17) is 0 Å². The topological polar surface area (TPSA) is 54.2 Å². The number of hydrogen-bond acceptors (Lipinski definition) is 4. The molecular formula is C31H32F2N4O. The number of likely N-dealkylation sites (N-methyl/N-ethyl adjacent to an activating group) is 1. The van der Waals surface area contributed by atoms with Gasteiger partial charge >= 0.3 is 0 Å². The summed E-state index contributed by atoms with van der Waals surface area (Å²) < 4.78 is 29.7. The second kappa shape index (κ2) is 11.3. The number of aromatic nitrogens is 3. The fraction of sp³-hybridized carbons (Fsp3) is 0.290. The molecule has 1 atom stereocenters. The fourth-order valence-corrected chi connectivity index (χ4v) is 4.38. The summed E-state index contributed by atoms with van der Waals surface area (Å²) >= 11 is 0. The first-order valence-electron chi connectivity index (χ1n) is 12.4. The Morgan fingerprint density at radius 1 is 0.921 bits per heavy atom. The molecule has 0 aliphatic carbocycles. The Morgan fingerprint density at radius 2 is 1.55 bits per heavy atom. The molecule has 0 spiro atoms. The summed E-state index contributed by atoms with van der Waals surface area (Å²) in [5.74, 6) is 4.90. The van der Waals surface area contributed by atoms with Crippen molar-refractivity contribution in [3.05, 3.63) is 119 Å². The first kappa shape index (κ1) is 27.2. The summed E-state index contributed by atoms with van der Waals surface area (Å²) in [7, 11) is 1.84. The van der Waals surface area contributed by atoms with Crippen LogP contribution in [-0.2, 0) is 24.1 Å². The third kappa shape index (κ3) is 6.91. The second-order valence-electron chi connectivity index (χ2n) is 10.7. The molecule has 1 aromatic heterocycles. The lowest BCUT2D eigenvalue weighted by atomic mass is 9.87. The standard InChI is InChI=1S/C31H32F2N4O/c1-30(2,3)26-13-11-24(12-14-26)6-5-23-7-9-25(10-8-23)18-36(4)19-31(38,20-37-22-34-21-35-37)28-16-15-27(32)17-29(28)33/h7-17,21-22,38H,18-20H2,1-4H3. The zero-order valence-electron chi connectivity index (χ0n) is 22.1. The summed E-state index contributed by atoms with van der Waals surface area (Å²) in [6.07, 6.45) is 2.79. The summed E-state index contributed by atoms with van der Waals surface area (Å²) in [6, 6.07) is 19.4. The lowest BCUT2D eigenvalue weighted by molar-refractivity contribution is -0.0175. The monoisotopic (exact) mass is 514 g/mol. The van der Waals surface area contributed by atoms with Crippen LogP contribution in [0.2, 0.25) is 0 Å². The molecule has 0 radical (unpaired) electrons. The van der Waals surface area contributed by atoms with Gasteiger partial charge in [-0.1, -0.05) is 62.9 Å². The first-order chi connectivity index (χ1) is 18.0. The number of hydrogen-bond donors (Lipinski definition) is 1. The van der Waals surface area contributed by atoms with E-state index in [9.17, 15) is 13.9 Å². The zero-order valence-corrected chi connectivity index (χ0v) is 22.1. The zero-order chi connectivity index (χ0) is 27.3. The third-order valence-electron chi connectivity index (χ3n) is 6.36. The molecule has 4 rings (SSSR count). The minimum Gasteiger partial charge on any atom is -0.382 e. The van der Waals surface area contributed by atoms with Crippen LogP contribution in [0.4, 0.5) is 8.78 Å². The molecule has 5 nitrogen and oxygen atoms in total. The smallest absolute Gasteiger partial charge is 0.137 e. The van der Waals surface area contributed by atoms with Crippen LogP contribution in [0.1, 0.15) is 48.6 Å². The summed E-state index contributed by atoms with van der Waals surface area (Å²) in [5, 5.41) is 15.6. The molecule has 4 aromatic rings. The van der Waals surface area contributed by atoms with Crippen LogP contribution < -0.4 is 0 Å². The summed E-state index contributed by atoms with van der Waals surface area (Å²) in [6.45, 7) is 7.11. The van der Waals surface area contributed by atoms with Crippen LogP contribution in [0.5, 0.6) is 0 Å². The van der Waals surface area contributed by atoms with Crippen LogP contribution in [0.15, 0.2) is 79.4 Å². The van der Waals surface area contributed by atoms with Crippen molar-refractivity contribution in [1.29, 1.82) is 0 Å². The van der Waals surface area contributed by atoms with Gasteiger partial charge in [0.1, 0.15) is 29.9 Å². The van der Waals surface area contributed by atoms with Gasteiger partial charge in [0.25, 0.3) is 0 Å². The van der Waals surface area contributed by atoms with E-state index in [2.05, 4.69) is 54.8 Å². The van der Waals surface area contributed by atoms with E-state index in [1.807, 2.05) is 48.3 Å². The number of halogens is 2. The van der Waals surface area contributed by atoms with Gasteiger partial charge in [0, 0.05) is 35.8 Å². The number of rotatable bonds is 7. The molecule has 0 aliphatic rings. The normalized spacial score (nSPS) is 13.2. The molecule has 0 saturated carbocycles. The van der Waals surface area contributed by atoms with E-state index < -0.39 is 17.2 Å². The Kier molecular flexibility index (Phi) is 8.05. The quantitative estimate of drug-likeness (QED) is 0.341. The highest BCUT2D eigenvalue weighted by molar-refractivity contribution is 5.44. The van der Waals surface area contributed by atoms with Gasteiger partial charge in [-0.2, -0.15) is 5.10 Å². The maximum absolute atomic E-state index is 14.7. The van der Waals surface area contributed by atoms with Crippen LogP contribution in [0, 0.1) is 23.5 Å². The van der Waals surface area contributed by atoms with Crippen LogP contribution >= 0.6 is 0 Å². The van der Waals surface area contributed by atoms with Crippen molar-refractivity contribution in [3.63, 3.8) is 0 Å². The minimum absolute atomic E-state index is 0.00223. The van der Waals surface area contributed by atoms with Gasteiger partial charge in [0.05, 0.1) is 6.54 Å². The molecule has 0 fully saturated rings. The van der Waals surface area contributed by atoms with Crippen molar-refractivity contribution in [2.24, 2.45) is 0 Å². The molecule has 38 heavy (non-hydrogen) atoms. The molecule has 196 valence electrons. The van der Waals surface area contributed by atoms with Crippen molar-refractivity contribution < 1.29 is 13.9 Å². The first-order valence-corrected chi connectivity index (χ1v) is 12.4. The maximum atomic E-state index is 14.7. The van der Waals surface area contributed by atoms with Gasteiger partial charge in [0.2, 0.25) is 0 Å². The largest absolute Gasteiger partial charge is 0.382 e. The Balaban J connectivity index is 1.45. The lowest BCUT2D eigenvalue weighted by Crippen LogP contribution is -2.43. The van der Waals surface area contributed by atoms with Gasteiger partial charge in [-0.05, 0) is 53.9 Å². The van der Waals surface area contributed by atoms with Crippen molar-refractivity contribution >= 4 is 0 Å². The van der Waals surface area contributed by atoms with Gasteiger partial charge in [-0.3, -0.25) is 4.90 Å². The molecule has 0 aliphatic heterocycles. The molecule has 1 heterocycles. The third-order valence-corrected chi connectivity index (χ3v) is 6.36. The predicted octanol–water partition coefficient (Wildman–Crippen LogP) is 5.27. The van der Waals surface area contributed by atoms with Crippen molar-refractivity contribution in [2.75, 3.05) is 13.6 Å². The molecule has 1 N–H and O–H groups in total. The Morgan fingerprint density at radius 3 is 2.11 bits per heavy atom. The Hall–Kier alpha value is -3.86. The number of aliphatic hydroxyl groups is 1. The SMILES string of the molecule is CN(Cc1ccc(C#Cc2ccc(C(C)(C)C)cc2)cc1)CC(O)(Cn1cncn1)c1ccc(F)cc1F. The van der Waals surface area contributed by atoms with Gasteiger partial charge in [0.15, 0.2) is 0 Å². The molecule has 0 bridgehead atoms. The van der Waals surface area contributed by atoms with E-state index in [0.717, 1.165) is 28.8 Å². The molecule has 0 amide bonds. The van der Waals surface area contributed by atoms with E-state index in [-0.39, 0.29) is 24.1 Å². The predicted molar refractivity (Wildman–Crippen MR) is 144 cm³/mol. The van der Waals surface area contributed by atoms with Crippen LogP contribution in [0.25, 0.3) is 0 Å². The maximum Gasteiger partial charge on any atom is 0.137 e. The van der Waals surface area contributed by atoms with Crippen molar-refractivity contribution in [1.82, 2.24) is 19.7 Å². The summed E-state index contributed by atoms with van der Waals surface area (Å²) in [5.41, 5.74) is 2.58. The number of benzene rings is 3. The highest BCUT2D eigenvalue weighted by atomic mass is 19.1. The van der Waals surface area contributed by atoms with Crippen molar-refractivity contribution in [2.45, 2.75) is 44.9 Å². The van der Waals surface area contributed by atoms with E-state index in [1.165, 1.54) is 29.0 Å². The lowest BCUT2D eigenvalue weighted by Gasteiger charge is -2.33. The average molecular weight is 515 g/mol. The Bertz CT molecular complexity index is 1420. The van der Waals surface area contributed by atoms with Gasteiger partial charge in [-0.15, -0.1) is 0 Å². The molecule has 1 unspecified atom stereocenters. The molecule has 7 heteroatoms. The highest BCUT2D eigenvalue weighted by Gasteiger charge is 2.34. The molecular weight excluding hydrogens is 482 g/mol. The second-order valence-corrected chi connectivity index (χ2v) is 10.7. The van der Waals surface area contributed by atoms with E-state index >= 15 is 0 Å². The Labute approximate surface area is 222 Å². The summed E-state index contributed by atoms with van der Waals surface area (Å²) in [4.78, 5) is 5.79. The fourth-order valence-electron chi connectivity index (χ4n) is 4.38. The van der Waals surface area contributed by atoms with Crippen LogP contribution in [-0.4, -0.2) is 38.4 Å². The minimum atomic E-state index is -1.66. The van der Waals surface area contributed by atoms with E-state index in [0.29, 0.717) is 6.54 Å². The van der Waals surface area contributed by atoms with E-state index in [1.54, 1.807) is 0 Å². The van der Waals surface area contributed by atoms with Gasteiger partial charge in [-0.25, -0.2) is 18.4 Å². The average Bonchev–Trinajstić information content (AvgIpc) is 3.35.